The lowest BCUT2D eigenvalue weighted by molar-refractivity contribution is -0.757. The number of hydrogen-bond acceptors (Lipinski definition) is 11. The summed E-state index contributed by atoms with van der Waals surface area (Å²) in [6, 6.07) is 8.19. The van der Waals surface area contributed by atoms with Crippen molar-refractivity contribution >= 4 is 11.9 Å². The number of carbonyl (C=O) groups excluding carboxylic acids is 1. The molecule has 1 heterocycles. The lowest BCUT2D eigenvalue weighted by atomic mass is 10.1. The van der Waals surface area contributed by atoms with Gasteiger partial charge in [0.05, 0.1) is 0 Å². The van der Waals surface area contributed by atoms with Crippen LogP contribution in [0.5, 0.6) is 28.7 Å². The summed E-state index contributed by atoms with van der Waals surface area (Å²) < 4.78 is 37.1. The van der Waals surface area contributed by atoms with Gasteiger partial charge in [0.25, 0.3) is 5.09 Å². The van der Waals surface area contributed by atoms with E-state index in [-0.39, 0.29) is 56.4 Å². The Kier molecular flexibility index (Phi) is 8.88. The SMILES string of the molecule is COCOc1cc(OCCO[N+](=O)[O-])c(C(=O)/C=C/c2ccc3c(c2)OCO3)c(OCOC)c1. The van der Waals surface area contributed by atoms with Crippen molar-refractivity contribution in [1.29, 1.82) is 0 Å². The second-order valence-electron chi connectivity index (χ2n) is 6.61. The van der Waals surface area contributed by atoms with Crippen molar-refractivity contribution in [3.63, 3.8) is 0 Å². The van der Waals surface area contributed by atoms with Crippen LogP contribution in [0, 0.1) is 10.1 Å². The normalized spacial score (nSPS) is 11.9. The molecular formula is C22H23NO11. The number of methoxy groups -OCH3 is 2. The van der Waals surface area contributed by atoms with Crippen molar-refractivity contribution in [1.82, 2.24) is 0 Å². The largest absolute Gasteiger partial charge is 0.491 e. The van der Waals surface area contributed by atoms with E-state index in [1.54, 1.807) is 24.3 Å². The monoisotopic (exact) mass is 477 g/mol. The number of hydrogen-bond donors (Lipinski definition) is 0. The summed E-state index contributed by atoms with van der Waals surface area (Å²) in [5.41, 5.74) is 0.777. The zero-order chi connectivity index (χ0) is 24.3. The first-order valence-electron chi connectivity index (χ1n) is 9.95. The minimum Gasteiger partial charge on any atom is -0.491 e. The maximum absolute atomic E-state index is 13.2. The summed E-state index contributed by atoms with van der Waals surface area (Å²) >= 11 is 0. The quantitative estimate of drug-likeness (QED) is 0.0992. The number of carbonyl (C=O) groups is 1. The van der Waals surface area contributed by atoms with Crippen LogP contribution in [0.2, 0.25) is 0 Å². The molecule has 0 saturated heterocycles. The molecule has 0 radical (unpaired) electrons. The smallest absolute Gasteiger partial charge is 0.294 e. The Hall–Kier alpha value is -4.03. The van der Waals surface area contributed by atoms with E-state index in [4.69, 9.17) is 33.2 Å². The number of rotatable bonds is 14. The summed E-state index contributed by atoms with van der Waals surface area (Å²) in [5, 5.41) is 9.47. The molecule has 0 spiro atoms. The van der Waals surface area contributed by atoms with Crippen molar-refractivity contribution in [3.8, 4) is 28.7 Å². The van der Waals surface area contributed by atoms with Crippen LogP contribution >= 0.6 is 0 Å². The first-order chi connectivity index (χ1) is 16.5. The number of allylic oxidation sites excluding steroid dienone is 1. The highest BCUT2D eigenvalue weighted by molar-refractivity contribution is 6.10. The van der Waals surface area contributed by atoms with Gasteiger partial charge in [-0.25, -0.2) is 0 Å². The van der Waals surface area contributed by atoms with Gasteiger partial charge in [-0.3, -0.25) is 4.79 Å². The first kappa shape index (κ1) is 24.6. The number of ketones is 1. The van der Waals surface area contributed by atoms with Gasteiger partial charge in [0.1, 0.15) is 36.0 Å². The van der Waals surface area contributed by atoms with Crippen LogP contribution < -0.4 is 23.7 Å². The van der Waals surface area contributed by atoms with Crippen molar-refractivity contribution in [2.75, 3.05) is 47.8 Å². The molecule has 1 aliphatic heterocycles. The number of fused-ring (bicyclic) bond motifs is 1. The van der Waals surface area contributed by atoms with E-state index in [0.29, 0.717) is 17.1 Å². The van der Waals surface area contributed by atoms with Crippen molar-refractivity contribution in [2.45, 2.75) is 0 Å². The fraction of sp³-hybridized carbons (Fsp3) is 0.318. The van der Waals surface area contributed by atoms with Gasteiger partial charge in [0.2, 0.25) is 6.79 Å². The average Bonchev–Trinajstić information content (AvgIpc) is 3.30. The number of nitrogens with zero attached hydrogens (tertiary/aromatic N) is 1. The summed E-state index contributed by atoms with van der Waals surface area (Å²) in [6.45, 7) is -0.621. The van der Waals surface area contributed by atoms with Crippen LogP contribution in [0.25, 0.3) is 6.08 Å². The molecule has 2 aromatic rings. The number of benzene rings is 2. The second-order valence-corrected chi connectivity index (χ2v) is 6.61. The average molecular weight is 477 g/mol. The van der Waals surface area contributed by atoms with E-state index in [1.807, 2.05) is 0 Å². The van der Waals surface area contributed by atoms with Crippen molar-refractivity contribution < 1.29 is 47.9 Å². The Morgan fingerprint density at radius 3 is 2.44 bits per heavy atom. The molecule has 12 heteroatoms. The molecule has 0 atom stereocenters. The van der Waals surface area contributed by atoms with Crippen LogP contribution in [-0.4, -0.2) is 58.7 Å². The molecule has 34 heavy (non-hydrogen) atoms. The van der Waals surface area contributed by atoms with Crippen LogP contribution in [0.4, 0.5) is 0 Å². The van der Waals surface area contributed by atoms with Gasteiger partial charge in [-0.2, -0.15) is 0 Å². The Balaban J connectivity index is 1.89. The summed E-state index contributed by atoms with van der Waals surface area (Å²) in [6.07, 6.45) is 2.93. The molecule has 0 unspecified atom stereocenters. The molecule has 2 aromatic carbocycles. The Labute approximate surface area is 194 Å². The third-order valence-corrected chi connectivity index (χ3v) is 4.32. The van der Waals surface area contributed by atoms with E-state index in [9.17, 15) is 14.9 Å². The minimum atomic E-state index is -0.936. The summed E-state index contributed by atoms with van der Waals surface area (Å²) in [7, 11) is 2.88. The van der Waals surface area contributed by atoms with Gasteiger partial charge in [-0.15, -0.1) is 10.1 Å². The van der Waals surface area contributed by atoms with E-state index >= 15 is 0 Å². The molecule has 0 bridgehead atoms. The van der Waals surface area contributed by atoms with Crippen LogP contribution in [0.1, 0.15) is 15.9 Å². The third kappa shape index (κ3) is 6.73. The molecule has 3 rings (SSSR count). The highest BCUT2D eigenvalue weighted by Crippen LogP contribution is 2.36. The zero-order valence-electron chi connectivity index (χ0n) is 18.5. The van der Waals surface area contributed by atoms with Gasteiger partial charge in [0.15, 0.2) is 30.9 Å². The summed E-state index contributed by atoms with van der Waals surface area (Å²) in [4.78, 5) is 27.8. The third-order valence-electron chi connectivity index (χ3n) is 4.32. The molecule has 12 nitrogen and oxygen atoms in total. The summed E-state index contributed by atoms with van der Waals surface area (Å²) in [5.74, 6) is 1.24. The molecule has 0 aromatic heterocycles. The predicted octanol–water partition coefficient (Wildman–Crippen LogP) is 2.86. The van der Waals surface area contributed by atoms with Gasteiger partial charge in [-0.05, 0) is 23.8 Å². The van der Waals surface area contributed by atoms with E-state index in [1.165, 1.54) is 32.4 Å². The lowest BCUT2D eigenvalue weighted by Crippen LogP contribution is -2.13. The van der Waals surface area contributed by atoms with Gasteiger partial charge < -0.3 is 38.0 Å². The van der Waals surface area contributed by atoms with Gasteiger partial charge >= 0.3 is 0 Å². The topological polar surface area (TPSA) is 134 Å². The Morgan fingerprint density at radius 2 is 1.71 bits per heavy atom. The van der Waals surface area contributed by atoms with Gasteiger partial charge in [0, 0.05) is 26.4 Å². The van der Waals surface area contributed by atoms with Crippen molar-refractivity contribution in [2.24, 2.45) is 0 Å². The molecule has 1 aliphatic rings. The maximum Gasteiger partial charge on any atom is 0.294 e. The van der Waals surface area contributed by atoms with Gasteiger partial charge in [-0.1, -0.05) is 12.1 Å². The molecule has 0 saturated carbocycles. The molecular weight excluding hydrogens is 454 g/mol. The van der Waals surface area contributed by atoms with Crippen molar-refractivity contribution in [3.05, 3.63) is 57.6 Å². The highest BCUT2D eigenvalue weighted by atomic mass is 17.0. The Morgan fingerprint density at radius 1 is 1.00 bits per heavy atom. The second kappa shape index (κ2) is 12.3. The minimum absolute atomic E-state index is 0.0646. The fourth-order valence-electron chi connectivity index (χ4n) is 2.90. The highest BCUT2D eigenvalue weighted by Gasteiger charge is 2.21. The van der Waals surface area contributed by atoms with Crippen LogP contribution in [0.3, 0.4) is 0 Å². The van der Waals surface area contributed by atoms with E-state index in [0.717, 1.165) is 0 Å². The Bertz CT molecular complexity index is 1040. The fourth-order valence-corrected chi connectivity index (χ4v) is 2.90. The lowest BCUT2D eigenvalue weighted by Gasteiger charge is -2.16. The zero-order valence-corrected chi connectivity index (χ0v) is 18.5. The molecule has 0 amide bonds. The standard InChI is InChI=1S/C22H23NO11/c1-27-12-30-16-10-20(29-7-8-34-23(25)26)22(21(11-16)31-13-28-2)17(24)5-3-15-4-6-18-19(9-15)33-14-32-18/h3-6,9-11H,7-8,12-14H2,1-2H3/b5-3+. The molecule has 182 valence electrons. The predicted molar refractivity (Wildman–Crippen MR) is 116 cm³/mol. The first-order valence-corrected chi connectivity index (χ1v) is 9.95. The van der Waals surface area contributed by atoms with Crippen LogP contribution in [-0.2, 0) is 14.3 Å². The van der Waals surface area contributed by atoms with E-state index in [2.05, 4.69) is 4.84 Å². The molecule has 0 aliphatic carbocycles. The molecule has 0 fully saturated rings. The van der Waals surface area contributed by atoms with E-state index < -0.39 is 10.9 Å². The molecule has 0 N–H and O–H groups in total. The number of ether oxygens (including phenoxy) is 7. The van der Waals surface area contributed by atoms with Crippen LogP contribution in [0.15, 0.2) is 36.4 Å². The maximum atomic E-state index is 13.2.